The fourth-order valence-corrected chi connectivity index (χ4v) is 22.0. The molecule has 12 aromatic heterocycles. The highest BCUT2D eigenvalue weighted by Gasteiger charge is 2.30. The molecular weight excluding hydrogens is 1900 g/mol. The number of ether oxygens (including phenoxy) is 4. The van der Waals surface area contributed by atoms with Gasteiger partial charge in [-0.2, -0.15) is 0 Å². The molecule has 0 saturated carbocycles. The summed E-state index contributed by atoms with van der Waals surface area (Å²) >= 11 is 0. The molecular formula is C120H84N12O18. The van der Waals surface area contributed by atoms with Gasteiger partial charge in [-0.3, -0.25) is 57.5 Å². The van der Waals surface area contributed by atoms with E-state index in [1.807, 2.05) is 133 Å². The van der Waals surface area contributed by atoms with Gasteiger partial charge in [0.1, 0.15) is 23.0 Å². The number of H-pyrrole nitrogens is 12. The topological polar surface area (TPSA) is 472 Å². The number of nitrogens with one attached hydrogen (secondary N) is 12. The summed E-state index contributed by atoms with van der Waals surface area (Å²) in [6, 6.07) is 63.8. The molecule has 12 heterocycles. The molecule has 0 fully saturated rings. The van der Waals surface area contributed by atoms with Crippen LogP contribution < -0.4 is 84.1 Å². The molecule has 0 aliphatic carbocycles. The summed E-state index contributed by atoms with van der Waals surface area (Å²) in [7, 11) is 6.10. The van der Waals surface area contributed by atoms with Crippen LogP contribution in [0.5, 0.6) is 23.0 Å². The monoisotopic (exact) mass is 1980 g/mol. The van der Waals surface area contributed by atoms with E-state index in [4.69, 9.17) is 18.9 Å². The lowest BCUT2D eigenvalue weighted by Crippen LogP contribution is -2.15. The maximum absolute atomic E-state index is 14.1. The van der Waals surface area contributed by atoms with Gasteiger partial charge in [-0.15, -0.1) is 0 Å². The first-order chi connectivity index (χ1) is 72.5. The number of benzene rings is 16. The van der Waals surface area contributed by atoms with Crippen molar-refractivity contribution in [3.63, 3.8) is 0 Å². The zero-order chi connectivity index (χ0) is 104. The second-order valence-electron chi connectivity index (χ2n) is 38.5. The van der Waals surface area contributed by atoms with E-state index < -0.39 is 0 Å². The number of aliphatic hydroxyl groups is 2. The predicted molar refractivity (Wildman–Crippen MR) is 600 cm³/mol. The van der Waals surface area contributed by atoms with Crippen LogP contribution in [0, 0.1) is 41.5 Å². The molecule has 0 aliphatic heterocycles. The summed E-state index contributed by atoms with van der Waals surface area (Å²) in [5.74, 6) is 2.10. The van der Waals surface area contributed by atoms with Crippen molar-refractivity contribution in [2.45, 2.75) is 54.8 Å². The molecule has 16 aromatic carbocycles. The molecule has 732 valence electrons. The molecule has 28 aromatic rings. The second-order valence-corrected chi connectivity index (χ2v) is 38.5. The number of pyridine rings is 12. The van der Waals surface area contributed by atoms with Gasteiger partial charge >= 0.3 is 0 Å². The lowest BCUT2D eigenvalue weighted by atomic mass is 9.97. The maximum atomic E-state index is 14.1. The van der Waals surface area contributed by atoms with Gasteiger partial charge in [0.25, 0.3) is 0 Å². The van der Waals surface area contributed by atoms with Gasteiger partial charge in [0.05, 0.1) is 217 Å². The largest absolute Gasteiger partial charge is 0.497 e. The van der Waals surface area contributed by atoms with Gasteiger partial charge in [-0.25, -0.2) is 0 Å². The standard InChI is InChI=1S/2C30H21N3O6.2C30H21N3O3/c1-38-14-4-7-20-17(10-14)30(37)24-26(32-20)22-25(31-19-6-3-13(12-34)9-16(19)28(22)35)23-27(24)33-21-8-5-15(39-2)11-18(21)29(23)36;1-38-14-4-7-17-20(10-14)33-27-23(29(17)36)25-22(28(35)16-6-3-13(12-34)9-19(16)31-25)26-24(27)30(37)18-8-5-15(39-2)11-21(18)32-26;1-13-4-7-19-16(10-13)28(34)22-25(31-19)23-27(33-21-9-6-15(3)12-18(21)29(23)35)24-26(22)32-20-8-5-14(2)11-17(20)30(24)36;1-13-4-7-16-19(10-13)31-25-22(28(16)34)26-24(30(36)18-9-6-15(3)12-21(18)32-26)27-23(25)29(35)17-8-5-14(2)11-20(17)33-27/h2*3-11,34H,12H2,1-2H3,(H,31,35)(H,32,37)(H,33,36);2*4-12H,1-3H3,(H,31,34)(H,32,36)(H,33,35). The third-order valence-corrected chi connectivity index (χ3v) is 29.3. The number of rotatable bonds is 6. The van der Waals surface area contributed by atoms with Gasteiger partial charge < -0.3 is 89.0 Å². The molecule has 14 N–H and O–H groups in total. The highest BCUT2D eigenvalue weighted by atomic mass is 16.5. The van der Waals surface area contributed by atoms with Gasteiger partial charge in [0, 0.05) is 98.8 Å². The first-order valence-electron chi connectivity index (χ1n) is 48.1. The van der Waals surface area contributed by atoms with Crippen molar-refractivity contribution in [3.8, 4) is 23.0 Å². The van der Waals surface area contributed by atoms with Crippen molar-refractivity contribution in [3.05, 3.63) is 386 Å². The molecule has 30 nitrogen and oxygen atoms in total. The molecule has 0 spiro atoms. The smallest absolute Gasteiger partial charge is 0.199 e. The molecule has 0 unspecified atom stereocenters. The summed E-state index contributed by atoms with van der Waals surface area (Å²) in [6.45, 7) is 11.2. The lowest BCUT2D eigenvalue weighted by molar-refractivity contribution is 0.282. The summed E-state index contributed by atoms with van der Waals surface area (Å²) in [6.07, 6.45) is 0. The Morgan fingerprint density at radius 2 is 0.327 bits per heavy atom. The Labute approximate surface area is 837 Å². The lowest BCUT2D eigenvalue weighted by Gasteiger charge is -2.14. The van der Waals surface area contributed by atoms with Crippen LogP contribution in [0.4, 0.5) is 0 Å². The molecule has 0 radical (unpaired) electrons. The fraction of sp³-hybridized carbons (Fsp3) is 0.100. The summed E-state index contributed by atoms with van der Waals surface area (Å²) in [4.78, 5) is 208. The maximum Gasteiger partial charge on any atom is 0.199 e. The minimum atomic E-state index is -0.366. The molecule has 0 bridgehead atoms. The Morgan fingerprint density at radius 1 is 0.167 bits per heavy atom. The van der Waals surface area contributed by atoms with E-state index in [1.54, 1.807) is 127 Å². The van der Waals surface area contributed by atoms with Gasteiger partial charge in [0.2, 0.25) is 0 Å². The molecule has 0 aliphatic rings. The Balaban J connectivity index is 0.000000104. The van der Waals surface area contributed by atoms with Crippen molar-refractivity contribution < 1.29 is 29.2 Å². The van der Waals surface area contributed by atoms with E-state index in [9.17, 15) is 67.7 Å². The van der Waals surface area contributed by atoms with Crippen molar-refractivity contribution in [2.24, 2.45) is 0 Å². The number of methoxy groups -OCH3 is 4. The van der Waals surface area contributed by atoms with Crippen LogP contribution in [0.2, 0.25) is 0 Å². The van der Waals surface area contributed by atoms with Crippen molar-refractivity contribution >= 4 is 262 Å². The first-order valence-corrected chi connectivity index (χ1v) is 48.1. The first kappa shape index (κ1) is 91.5. The van der Waals surface area contributed by atoms with E-state index in [0.717, 1.165) is 33.4 Å². The van der Waals surface area contributed by atoms with Crippen LogP contribution in [0.1, 0.15) is 44.5 Å². The van der Waals surface area contributed by atoms with Gasteiger partial charge in [-0.05, 0) is 227 Å². The SMILES string of the molecule is COc1ccc2[nH]c3c4c(=O)c5cc(CO)ccc5[nH]c4c4c(=O)c5cc(OC)ccc5[nH]c4c3c(=O)c2c1.COc1ccc2c(=O)c3c4[nH]c5cc(CO)ccc5c(=O)c4c4[nH]c5cc(OC)ccc5c(=O)c4c3[nH]c2c1.Cc1ccc2[nH]c3c4c(=O)c5cc(C)ccc5[nH]c4c4c(=O)c5cc(C)ccc5[nH]c4c3c(=O)c2c1.Cc1ccc2c(=O)c3c4[nH]c5cc(C)ccc5c(=O)c4c4[nH]c5cc(C)ccc5c(=O)c4c3[nH]c2c1. The van der Waals surface area contributed by atoms with Crippen LogP contribution in [0.3, 0.4) is 0 Å². The molecule has 0 amide bonds. The third kappa shape index (κ3) is 13.8. The van der Waals surface area contributed by atoms with E-state index in [2.05, 4.69) is 59.8 Å². The Kier molecular flexibility index (Phi) is 20.7. The highest BCUT2D eigenvalue weighted by molar-refractivity contribution is 6.31. The molecule has 0 saturated heterocycles. The van der Waals surface area contributed by atoms with Crippen molar-refractivity contribution in [2.75, 3.05) is 28.4 Å². The number of fused-ring (bicyclic) bond motifs is 36. The zero-order valence-electron chi connectivity index (χ0n) is 81.6. The van der Waals surface area contributed by atoms with Crippen LogP contribution in [0.25, 0.3) is 262 Å². The summed E-state index contributed by atoms with van der Waals surface area (Å²) < 4.78 is 21.4. The average molecular weight is 1980 g/mol. The number of hydrogen-bond acceptors (Lipinski definition) is 18. The molecule has 150 heavy (non-hydrogen) atoms. The Morgan fingerprint density at radius 3 is 0.580 bits per heavy atom. The minimum Gasteiger partial charge on any atom is -0.497 e. The number of aliphatic hydroxyl groups excluding tert-OH is 2. The van der Waals surface area contributed by atoms with Gasteiger partial charge in [0.15, 0.2) is 65.1 Å². The zero-order valence-corrected chi connectivity index (χ0v) is 81.6. The number of aryl methyl sites for hydroxylation is 6. The van der Waals surface area contributed by atoms with Crippen LogP contribution in [-0.4, -0.2) is 98.5 Å². The Bertz CT molecular complexity index is 10800. The van der Waals surface area contributed by atoms with Crippen molar-refractivity contribution in [1.29, 1.82) is 0 Å². The third-order valence-electron chi connectivity index (χ3n) is 29.3. The number of hydrogen-bond donors (Lipinski definition) is 14. The van der Waals surface area contributed by atoms with E-state index in [0.29, 0.717) is 263 Å². The van der Waals surface area contributed by atoms with E-state index in [1.165, 1.54) is 28.4 Å². The Hall–Kier alpha value is -19.7. The fourth-order valence-electron chi connectivity index (χ4n) is 22.0. The summed E-state index contributed by atoms with van der Waals surface area (Å²) in [5.41, 5.74) is 14.8. The average Bonchev–Trinajstić information content (AvgIpc) is 0.711. The number of aromatic nitrogens is 12. The van der Waals surface area contributed by atoms with E-state index >= 15 is 0 Å². The van der Waals surface area contributed by atoms with Crippen LogP contribution >= 0.6 is 0 Å². The number of aromatic amines is 12. The molecule has 28 rings (SSSR count). The second kappa shape index (κ2) is 34.0. The van der Waals surface area contributed by atoms with Crippen molar-refractivity contribution in [1.82, 2.24) is 59.8 Å². The molecule has 0 atom stereocenters. The quantitative estimate of drug-likeness (QED) is 0.0543. The minimum absolute atomic E-state index is 0.183. The predicted octanol–water partition coefficient (Wildman–Crippen LogP) is 19.6. The van der Waals surface area contributed by atoms with Crippen LogP contribution in [0.15, 0.2) is 276 Å². The molecule has 30 heteroatoms. The highest BCUT2D eigenvalue weighted by Crippen LogP contribution is 2.40. The van der Waals surface area contributed by atoms with Gasteiger partial charge in [-0.1, -0.05) is 65.2 Å². The van der Waals surface area contributed by atoms with E-state index in [-0.39, 0.29) is 111 Å². The normalized spacial score (nSPS) is 12.0. The summed E-state index contributed by atoms with van der Waals surface area (Å²) in [5, 5.41) is 27.6. The van der Waals surface area contributed by atoms with Crippen LogP contribution in [-0.2, 0) is 13.2 Å².